The van der Waals surface area contributed by atoms with E-state index in [0.29, 0.717) is 25.9 Å². The Morgan fingerprint density at radius 3 is 0.947 bits per heavy atom. The van der Waals surface area contributed by atoms with E-state index in [9.17, 15) is 19.8 Å². The Hall–Kier alpha value is -1.40. The largest absolute Gasteiger partial charge is 0.466 e. The number of aliphatic hydroxyl groups is 2. The Morgan fingerprint density at radius 2 is 0.627 bits per heavy atom. The van der Waals surface area contributed by atoms with Crippen LogP contribution in [-0.2, 0) is 14.3 Å². The second-order valence-corrected chi connectivity index (χ2v) is 23.9. The highest BCUT2D eigenvalue weighted by Crippen LogP contribution is 2.19. The third-order valence-electron chi connectivity index (χ3n) is 16.3. The Balaban J connectivity index is 3.43. The molecule has 0 aliphatic heterocycles. The van der Waals surface area contributed by atoms with Crippen LogP contribution in [0.5, 0.6) is 0 Å². The van der Waals surface area contributed by atoms with Crippen LogP contribution >= 0.6 is 0 Å². The van der Waals surface area contributed by atoms with Gasteiger partial charge in [-0.3, -0.25) is 9.59 Å². The monoisotopic (exact) mass is 1060 g/mol. The van der Waals surface area contributed by atoms with Gasteiger partial charge >= 0.3 is 5.97 Å². The fourth-order valence-electron chi connectivity index (χ4n) is 11.1. The normalized spacial score (nSPS) is 12.5. The summed E-state index contributed by atoms with van der Waals surface area (Å²) in [4.78, 5) is 24.6. The molecule has 0 aromatic carbocycles. The molecule has 6 heteroatoms. The Kier molecular flexibility index (Phi) is 63.9. The number of esters is 1. The summed E-state index contributed by atoms with van der Waals surface area (Å²) in [5, 5.41) is 23.4. The Morgan fingerprint density at radius 1 is 0.360 bits per heavy atom. The van der Waals surface area contributed by atoms with Crippen LogP contribution < -0.4 is 5.32 Å². The van der Waals surface area contributed by atoms with Gasteiger partial charge in [0.1, 0.15) is 0 Å². The van der Waals surface area contributed by atoms with E-state index in [1.54, 1.807) is 0 Å². The molecule has 2 unspecified atom stereocenters. The minimum atomic E-state index is -0.676. The van der Waals surface area contributed by atoms with Crippen LogP contribution in [0.15, 0.2) is 12.2 Å². The molecule has 1 amide bonds. The van der Waals surface area contributed by atoms with Crippen molar-refractivity contribution in [2.24, 2.45) is 0 Å². The van der Waals surface area contributed by atoms with Gasteiger partial charge < -0.3 is 20.3 Å². The van der Waals surface area contributed by atoms with E-state index in [-0.39, 0.29) is 18.5 Å². The molecule has 75 heavy (non-hydrogen) atoms. The van der Waals surface area contributed by atoms with Gasteiger partial charge in [-0.05, 0) is 51.4 Å². The van der Waals surface area contributed by atoms with Crippen LogP contribution in [0.1, 0.15) is 393 Å². The van der Waals surface area contributed by atoms with Crippen molar-refractivity contribution in [1.29, 1.82) is 0 Å². The van der Waals surface area contributed by atoms with Crippen molar-refractivity contribution in [2.75, 3.05) is 13.2 Å². The van der Waals surface area contributed by atoms with E-state index in [4.69, 9.17) is 4.74 Å². The molecule has 446 valence electrons. The molecule has 6 nitrogen and oxygen atoms in total. The summed E-state index contributed by atoms with van der Waals surface area (Å²) in [7, 11) is 0. The smallest absolute Gasteiger partial charge is 0.305 e. The lowest BCUT2D eigenvalue weighted by atomic mass is 10.0. The molecular weight excluding hydrogens is 923 g/mol. The quantitative estimate of drug-likeness (QED) is 0.0320. The maximum Gasteiger partial charge on any atom is 0.305 e. The number of amides is 1. The SMILES string of the molecule is CCCCCCCCCCCCCCCCCCCCCCCCCCCC(O)C(CO)NC(=O)CCCCCCC/C=C\CCCCCCCCCOC(=O)CCCCCCCCCCCCCCCCCCC. The zero-order valence-corrected chi connectivity index (χ0v) is 51.1. The number of aliphatic hydroxyl groups excluding tert-OH is 2. The van der Waals surface area contributed by atoms with Gasteiger partial charge in [-0.25, -0.2) is 0 Å². The first-order valence-corrected chi connectivity index (χ1v) is 34.4. The van der Waals surface area contributed by atoms with Crippen molar-refractivity contribution in [3.8, 4) is 0 Å². The van der Waals surface area contributed by atoms with Crippen molar-refractivity contribution in [3.05, 3.63) is 12.2 Å². The van der Waals surface area contributed by atoms with Gasteiger partial charge in [-0.2, -0.15) is 0 Å². The van der Waals surface area contributed by atoms with Crippen molar-refractivity contribution < 1.29 is 24.5 Å². The van der Waals surface area contributed by atoms with Crippen molar-refractivity contribution >= 4 is 11.9 Å². The Bertz CT molecular complexity index is 1130. The maximum absolute atomic E-state index is 12.5. The predicted octanol–water partition coefficient (Wildman–Crippen LogP) is 22.0. The summed E-state index contributed by atoms with van der Waals surface area (Å²) in [6.07, 6.45) is 79.6. The van der Waals surface area contributed by atoms with Crippen molar-refractivity contribution in [2.45, 2.75) is 405 Å². The lowest BCUT2D eigenvalue weighted by Gasteiger charge is -2.22. The molecule has 0 saturated heterocycles. The molecule has 0 aromatic heterocycles. The van der Waals surface area contributed by atoms with Crippen LogP contribution in [0.4, 0.5) is 0 Å². The van der Waals surface area contributed by atoms with Gasteiger partial charge in [0.05, 0.1) is 25.4 Å². The lowest BCUT2D eigenvalue weighted by Crippen LogP contribution is -2.45. The summed E-state index contributed by atoms with van der Waals surface area (Å²) in [5.74, 6) is -0.0442. The minimum Gasteiger partial charge on any atom is -0.466 e. The molecule has 0 spiro atoms. The molecule has 0 rings (SSSR count). The standard InChI is InChI=1S/C69H135NO5/c1-3-5-7-9-11-13-15-17-19-21-22-23-24-25-26-27-28-30-33-37-41-45-49-53-57-61-67(72)66(65-71)70-68(73)62-58-54-50-46-42-38-34-31-32-36-40-44-48-52-56-60-64-75-69(74)63-59-55-51-47-43-39-35-29-20-18-16-14-12-10-8-6-4-2/h31,34,66-67,71-72H,3-30,32-33,35-65H2,1-2H3,(H,70,73)/b34-31-. The van der Waals surface area contributed by atoms with Crippen molar-refractivity contribution in [3.63, 3.8) is 0 Å². The number of hydrogen-bond donors (Lipinski definition) is 3. The molecule has 2 atom stereocenters. The molecule has 0 aromatic rings. The molecule has 0 aliphatic carbocycles. The topological polar surface area (TPSA) is 95.9 Å². The van der Waals surface area contributed by atoms with Crippen LogP contribution in [0.2, 0.25) is 0 Å². The summed E-state index contributed by atoms with van der Waals surface area (Å²) >= 11 is 0. The highest BCUT2D eigenvalue weighted by molar-refractivity contribution is 5.76. The van der Waals surface area contributed by atoms with E-state index >= 15 is 0 Å². The predicted molar refractivity (Wildman–Crippen MR) is 329 cm³/mol. The van der Waals surface area contributed by atoms with Gasteiger partial charge in [0.2, 0.25) is 5.91 Å². The van der Waals surface area contributed by atoms with Gasteiger partial charge in [0.15, 0.2) is 0 Å². The molecular formula is C69H135NO5. The fourth-order valence-corrected chi connectivity index (χ4v) is 11.1. The van der Waals surface area contributed by atoms with E-state index in [1.807, 2.05) is 0 Å². The molecule has 3 N–H and O–H groups in total. The minimum absolute atomic E-state index is 0.00264. The first-order valence-electron chi connectivity index (χ1n) is 34.4. The van der Waals surface area contributed by atoms with Gasteiger partial charge in [-0.1, -0.05) is 341 Å². The average molecular weight is 1060 g/mol. The average Bonchev–Trinajstić information content (AvgIpc) is 3.41. The summed E-state index contributed by atoms with van der Waals surface area (Å²) < 4.78 is 5.49. The first-order chi connectivity index (χ1) is 37.0. The molecule has 0 fully saturated rings. The first kappa shape index (κ1) is 73.6. The second kappa shape index (κ2) is 65.1. The summed E-state index contributed by atoms with van der Waals surface area (Å²) in [5.41, 5.74) is 0. The molecule has 0 heterocycles. The third-order valence-corrected chi connectivity index (χ3v) is 16.3. The van der Waals surface area contributed by atoms with E-state index in [1.165, 1.54) is 295 Å². The van der Waals surface area contributed by atoms with Crippen LogP contribution in [-0.4, -0.2) is 47.4 Å². The van der Waals surface area contributed by atoms with Gasteiger partial charge in [0.25, 0.3) is 0 Å². The number of hydrogen-bond acceptors (Lipinski definition) is 5. The van der Waals surface area contributed by atoms with Crippen LogP contribution in [0, 0.1) is 0 Å². The van der Waals surface area contributed by atoms with Gasteiger partial charge in [0, 0.05) is 12.8 Å². The fraction of sp³-hybridized carbons (Fsp3) is 0.942. The maximum atomic E-state index is 12.5. The number of allylic oxidation sites excluding steroid dienone is 2. The number of rotatable bonds is 65. The highest BCUT2D eigenvalue weighted by Gasteiger charge is 2.20. The summed E-state index contributed by atoms with van der Waals surface area (Å²) in [6.45, 7) is 4.98. The number of ether oxygens (including phenoxy) is 1. The summed E-state index contributed by atoms with van der Waals surface area (Å²) in [6, 6.07) is -0.555. The molecule has 0 saturated carbocycles. The zero-order valence-electron chi connectivity index (χ0n) is 51.1. The van der Waals surface area contributed by atoms with E-state index in [2.05, 4.69) is 31.3 Å². The van der Waals surface area contributed by atoms with Crippen LogP contribution in [0.25, 0.3) is 0 Å². The number of carbonyl (C=O) groups is 2. The zero-order chi connectivity index (χ0) is 54.3. The van der Waals surface area contributed by atoms with Gasteiger partial charge in [-0.15, -0.1) is 0 Å². The number of unbranched alkanes of at least 4 members (excludes halogenated alkanes) is 52. The number of nitrogens with one attached hydrogen (secondary N) is 1. The van der Waals surface area contributed by atoms with E-state index < -0.39 is 12.1 Å². The molecule has 0 aliphatic rings. The second-order valence-electron chi connectivity index (χ2n) is 23.9. The molecule has 0 bridgehead atoms. The molecule has 0 radical (unpaired) electrons. The van der Waals surface area contributed by atoms with Crippen molar-refractivity contribution in [1.82, 2.24) is 5.32 Å². The highest BCUT2D eigenvalue weighted by atomic mass is 16.5. The number of carbonyl (C=O) groups excluding carboxylic acids is 2. The lowest BCUT2D eigenvalue weighted by molar-refractivity contribution is -0.143. The van der Waals surface area contributed by atoms with Crippen LogP contribution in [0.3, 0.4) is 0 Å². The van der Waals surface area contributed by atoms with E-state index in [0.717, 1.165) is 64.2 Å². The third kappa shape index (κ3) is 61.7. The Labute approximate surface area is 469 Å².